The summed E-state index contributed by atoms with van der Waals surface area (Å²) < 4.78 is 5.38. The van der Waals surface area contributed by atoms with Gasteiger partial charge in [0.25, 0.3) is 0 Å². The minimum atomic E-state index is -0.528. The van der Waals surface area contributed by atoms with E-state index in [0.717, 1.165) is 5.69 Å². The van der Waals surface area contributed by atoms with Crippen LogP contribution in [-0.2, 0) is 11.2 Å². The molecule has 1 unspecified atom stereocenters. The Balaban J connectivity index is 2.27. The number of aromatic nitrogens is 1. The molecule has 0 radical (unpaired) electrons. The van der Waals surface area contributed by atoms with Crippen LogP contribution in [0.15, 0.2) is 17.1 Å². The monoisotopic (exact) mass is 264 g/mol. The molecule has 0 spiro atoms. The van der Waals surface area contributed by atoms with E-state index in [-0.39, 0.29) is 17.6 Å². The number of carbonyl (C=O) groups is 1. The molecule has 1 aliphatic heterocycles. The quantitative estimate of drug-likeness (QED) is 0.781. The van der Waals surface area contributed by atoms with Crippen LogP contribution in [0, 0.1) is 0 Å². The van der Waals surface area contributed by atoms with Gasteiger partial charge >= 0.3 is 6.09 Å². The lowest BCUT2D eigenvalue weighted by Crippen LogP contribution is -2.44. The summed E-state index contributed by atoms with van der Waals surface area (Å²) in [5.41, 5.74) is 1.02. The number of hydrogen-bond acceptors (Lipinski definition) is 3. The van der Waals surface area contributed by atoms with Gasteiger partial charge in [0.2, 0.25) is 0 Å². The molecule has 1 aromatic heterocycles. The van der Waals surface area contributed by atoms with Gasteiger partial charge in [-0.2, -0.15) is 0 Å². The average Bonchev–Trinajstić information content (AvgIpc) is 2.26. The lowest BCUT2D eigenvalue weighted by molar-refractivity contribution is 0.0157. The maximum absolute atomic E-state index is 12.1. The third-order valence-electron chi connectivity index (χ3n) is 3.20. The number of hydrogen-bond donors (Lipinski definition) is 1. The fourth-order valence-electron chi connectivity index (χ4n) is 2.35. The molecule has 5 nitrogen and oxygen atoms in total. The highest BCUT2D eigenvalue weighted by molar-refractivity contribution is 5.69. The Morgan fingerprint density at radius 1 is 1.47 bits per heavy atom. The summed E-state index contributed by atoms with van der Waals surface area (Å²) in [5, 5.41) is 0. The zero-order valence-corrected chi connectivity index (χ0v) is 11.8. The predicted molar refractivity (Wildman–Crippen MR) is 72.1 cm³/mol. The van der Waals surface area contributed by atoms with Gasteiger partial charge in [-0.1, -0.05) is 0 Å². The molecule has 0 aromatic carbocycles. The molecule has 2 rings (SSSR count). The van der Waals surface area contributed by atoms with Gasteiger partial charge in [0.1, 0.15) is 5.60 Å². The zero-order chi connectivity index (χ0) is 14.2. The Morgan fingerprint density at radius 2 is 2.16 bits per heavy atom. The molecule has 1 atom stereocenters. The van der Waals surface area contributed by atoms with E-state index in [1.165, 1.54) is 6.07 Å². The number of fused-ring (bicyclic) bond motifs is 1. The van der Waals surface area contributed by atoms with Crippen LogP contribution in [-0.4, -0.2) is 28.1 Å². The van der Waals surface area contributed by atoms with Crippen molar-refractivity contribution < 1.29 is 9.53 Å². The van der Waals surface area contributed by atoms with Crippen LogP contribution in [0.4, 0.5) is 4.79 Å². The second-order valence-corrected chi connectivity index (χ2v) is 5.83. The normalized spacial score (nSPS) is 18.9. The summed E-state index contributed by atoms with van der Waals surface area (Å²) in [7, 11) is 0. The third-order valence-corrected chi connectivity index (χ3v) is 3.20. The first-order chi connectivity index (χ1) is 8.79. The molecular weight excluding hydrogens is 244 g/mol. The van der Waals surface area contributed by atoms with Gasteiger partial charge in [0, 0.05) is 36.5 Å². The van der Waals surface area contributed by atoms with Crippen LogP contribution < -0.4 is 5.43 Å². The van der Waals surface area contributed by atoms with Crippen molar-refractivity contribution in [2.24, 2.45) is 0 Å². The lowest BCUT2D eigenvalue weighted by Gasteiger charge is -2.35. The molecule has 1 N–H and O–H groups in total. The van der Waals surface area contributed by atoms with E-state index >= 15 is 0 Å². The molecule has 1 aliphatic rings. The minimum Gasteiger partial charge on any atom is -0.444 e. The summed E-state index contributed by atoms with van der Waals surface area (Å²) in [5.74, 6) is 0. The molecule has 0 aliphatic carbocycles. The van der Waals surface area contributed by atoms with Crippen LogP contribution in [0.5, 0.6) is 0 Å². The molecule has 5 heteroatoms. The van der Waals surface area contributed by atoms with Crippen LogP contribution >= 0.6 is 0 Å². The summed E-state index contributed by atoms with van der Waals surface area (Å²) >= 11 is 0. The number of H-pyrrole nitrogens is 1. The van der Waals surface area contributed by atoms with Crippen molar-refractivity contribution in [3.63, 3.8) is 0 Å². The van der Waals surface area contributed by atoms with E-state index < -0.39 is 5.60 Å². The number of pyridine rings is 1. The number of nitrogens with one attached hydrogen (secondary N) is 1. The largest absolute Gasteiger partial charge is 0.444 e. The van der Waals surface area contributed by atoms with Crippen molar-refractivity contribution in [3.05, 3.63) is 33.7 Å². The fraction of sp³-hybridized carbons (Fsp3) is 0.571. The molecule has 0 fully saturated rings. The molecular formula is C14H20N2O3. The highest BCUT2D eigenvalue weighted by Gasteiger charge is 2.32. The highest BCUT2D eigenvalue weighted by Crippen LogP contribution is 2.26. The Morgan fingerprint density at radius 3 is 2.79 bits per heavy atom. The Bertz CT molecular complexity index is 542. The minimum absolute atomic E-state index is 0.0329. The van der Waals surface area contributed by atoms with Crippen LogP contribution in [0.3, 0.4) is 0 Å². The second-order valence-electron chi connectivity index (χ2n) is 5.83. The highest BCUT2D eigenvalue weighted by atomic mass is 16.6. The van der Waals surface area contributed by atoms with Crippen molar-refractivity contribution in [3.8, 4) is 0 Å². The first kappa shape index (κ1) is 13.6. The van der Waals surface area contributed by atoms with E-state index in [2.05, 4.69) is 4.98 Å². The Kier molecular flexibility index (Phi) is 3.39. The summed E-state index contributed by atoms with van der Waals surface area (Å²) in [4.78, 5) is 28.8. The zero-order valence-electron chi connectivity index (χ0n) is 11.8. The standard InChI is InChI=1S/C14H20N2O3/c1-9-12-10(15-7-5-11(12)17)6-8-16(9)13(18)19-14(2,3)4/h5,7,9H,6,8H2,1-4H3,(H,15,17). The van der Waals surface area contributed by atoms with E-state index in [1.54, 1.807) is 11.1 Å². The first-order valence-corrected chi connectivity index (χ1v) is 6.49. The summed E-state index contributed by atoms with van der Waals surface area (Å²) in [6.07, 6.45) is 1.93. The van der Waals surface area contributed by atoms with Crippen molar-refractivity contribution in [1.29, 1.82) is 0 Å². The average molecular weight is 264 g/mol. The smallest absolute Gasteiger partial charge is 0.410 e. The molecule has 1 aromatic rings. The summed E-state index contributed by atoms with van der Waals surface area (Å²) in [6, 6.07) is 1.23. The number of rotatable bonds is 0. The maximum atomic E-state index is 12.1. The van der Waals surface area contributed by atoms with Crippen molar-refractivity contribution >= 4 is 6.09 Å². The van der Waals surface area contributed by atoms with E-state index in [9.17, 15) is 9.59 Å². The molecule has 2 heterocycles. The van der Waals surface area contributed by atoms with Crippen LogP contribution in [0.1, 0.15) is 45.0 Å². The number of carbonyl (C=O) groups excluding carboxylic acids is 1. The van der Waals surface area contributed by atoms with Crippen LogP contribution in [0.25, 0.3) is 0 Å². The number of aromatic amines is 1. The van der Waals surface area contributed by atoms with Gasteiger partial charge < -0.3 is 14.6 Å². The van der Waals surface area contributed by atoms with Gasteiger partial charge in [0.15, 0.2) is 5.43 Å². The maximum Gasteiger partial charge on any atom is 0.410 e. The molecule has 1 amide bonds. The van der Waals surface area contributed by atoms with Gasteiger partial charge in [-0.3, -0.25) is 4.79 Å². The van der Waals surface area contributed by atoms with Crippen molar-refractivity contribution in [1.82, 2.24) is 9.88 Å². The number of ether oxygens (including phenoxy) is 1. The van der Waals surface area contributed by atoms with Gasteiger partial charge in [-0.25, -0.2) is 4.79 Å². The number of amides is 1. The van der Waals surface area contributed by atoms with E-state index in [4.69, 9.17) is 4.74 Å². The Labute approximate surface area is 112 Å². The van der Waals surface area contributed by atoms with Crippen molar-refractivity contribution in [2.45, 2.75) is 45.8 Å². The van der Waals surface area contributed by atoms with Gasteiger partial charge in [-0.05, 0) is 27.7 Å². The van der Waals surface area contributed by atoms with Crippen molar-refractivity contribution in [2.75, 3.05) is 6.54 Å². The van der Waals surface area contributed by atoms with Crippen LogP contribution in [0.2, 0.25) is 0 Å². The van der Waals surface area contributed by atoms with Gasteiger partial charge in [0.05, 0.1) is 6.04 Å². The molecule has 104 valence electrons. The molecule has 0 saturated carbocycles. The molecule has 0 saturated heterocycles. The third kappa shape index (κ3) is 2.80. The predicted octanol–water partition coefficient (Wildman–Crippen LogP) is 2.23. The number of nitrogens with zero attached hydrogens (tertiary/aromatic N) is 1. The van der Waals surface area contributed by atoms with E-state index in [0.29, 0.717) is 18.5 Å². The SMILES string of the molecule is CC1c2c([nH]ccc2=O)CCN1C(=O)OC(C)(C)C. The fourth-order valence-corrected chi connectivity index (χ4v) is 2.35. The van der Waals surface area contributed by atoms with E-state index in [1.807, 2.05) is 27.7 Å². The Hall–Kier alpha value is -1.78. The summed E-state index contributed by atoms with van der Waals surface area (Å²) in [6.45, 7) is 7.92. The first-order valence-electron chi connectivity index (χ1n) is 6.49. The molecule has 0 bridgehead atoms. The van der Waals surface area contributed by atoms with Gasteiger partial charge in [-0.15, -0.1) is 0 Å². The lowest BCUT2D eigenvalue weighted by atomic mass is 9.98. The topological polar surface area (TPSA) is 62.4 Å². The second kappa shape index (κ2) is 4.72. The molecule has 19 heavy (non-hydrogen) atoms.